The largest absolute Gasteiger partial charge is 0.480 e. The van der Waals surface area contributed by atoms with E-state index in [1.807, 2.05) is 23.2 Å². The number of nitrogens with zero attached hydrogens (tertiary/aromatic N) is 2. The number of nitrogens with one attached hydrogen (secondary N) is 2. The Hall–Kier alpha value is -2.60. The van der Waals surface area contributed by atoms with Crippen molar-refractivity contribution >= 4 is 16.9 Å². The summed E-state index contributed by atoms with van der Waals surface area (Å²) in [6.07, 6.45) is 4.94. The number of aromatic nitrogens is 3. The predicted molar refractivity (Wildman–Crippen MR) is 86.1 cm³/mol. The van der Waals surface area contributed by atoms with Crippen LogP contribution in [0.4, 0.5) is 0 Å². The van der Waals surface area contributed by atoms with Crippen LogP contribution in [-0.4, -0.2) is 43.5 Å². The minimum atomic E-state index is -0.780. The number of aliphatic carboxylic acids is 1. The molecule has 23 heavy (non-hydrogen) atoms. The number of para-hydroxylation sites is 1. The van der Waals surface area contributed by atoms with Crippen LogP contribution in [0.15, 0.2) is 36.8 Å². The fraction of sp³-hybridized carbons (Fsp3) is 0.294. The molecule has 0 spiro atoms. The second-order valence-corrected chi connectivity index (χ2v) is 5.97. The Morgan fingerprint density at radius 3 is 3.09 bits per heavy atom. The lowest BCUT2D eigenvalue weighted by Crippen LogP contribution is -2.46. The predicted octanol–water partition coefficient (Wildman–Crippen LogP) is 1.94. The molecule has 3 aromatic rings. The summed E-state index contributed by atoms with van der Waals surface area (Å²) in [5.41, 5.74) is 4.24. The third kappa shape index (κ3) is 2.51. The van der Waals surface area contributed by atoms with Crippen molar-refractivity contribution in [2.75, 3.05) is 6.54 Å². The number of rotatable bonds is 4. The maximum atomic E-state index is 11.6. The van der Waals surface area contributed by atoms with Gasteiger partial charge in [0.25, 0.3) is 0 Å². The van der Waals surface area contributed by atoms with E-state index in [9.17, 15) is 9.90 Å². The molecule has 0 bridgehead atoms. The van der Waals surface area contributed by atoms with Crippen molar-refractivity contribution in [3.63, 3.8) is 0 Å². The fourth-order valence-corrected chi connectivity index (χ4v) is 3.37. The van der Waals surface area contributed by atoms with Crippen molar-refractivity contribution in [3.05, 3.63) is 53.7 Å². The quantitative estimate of drug-likeness (QED) is 0.687. The first-order chi connectivity index (χ1) is 11.2. The number of fused-ring (bicyclic) bond motifs is 2. The van der Waals surface area contributed by atoms with Crippen LogP contribution in [0.25, 0.3) is 10.9 Å². The van der Waals surface area contributed by atoms with Gasteiger partial charge in [0.15, 0.2) is 0 Å². The molecular formula is C17H18N4O2. The van der Waals surface area contributed by atoms with Gasteiger partial charge in [-0.3, -0.25) is 9.69 Å². The van der Waals surface area contributed by atoms with Gasteiger partial charge >= 0.3 is 5.97 Å². The van der Waals surface area contributed by atoms with E-state index in [-0.39, 0.29) is 0 Å². The highest BCUT2D eigenvalue weighted by Gasteiger charge is 2.32. The number of carbonyl (C=O) groups is 1. The summed E-state index contributed by atoms with van der Waals surface area (Å²) in [6.45, 7) is 1.31. The van der Waals surface area contributed by atoms with Gasteiger partial charge in [-0.15, -0.1) is 0 Å². The fourth-order valence-electron chi connectivity index (χ4n) is 3.37. The van der Waals surface area contributed by atoms with Gasteiger partial charge in [0.2, 0.25) is 0 Å². The molecule has 1 aliphatic rings. The van der Waals surface area contributed by atoms with E-state index in [4.69, 9.17) is 0 Å². The van der Waals surface area contributed by atoms with Gasteiger partial charge in [0, 0.05) is 36.6 Å². The first kappa shape index (κ1) is 14.0. The third-order valence-electron chi connectivity index (χ3n) is 4.62. The monoisotopic (exact) mass is 310 g/mol. The van der Waals surface area contributed by atoms with Crippen LogP contribution in [0, 0.1) is 0 Å². The minimum Gasteiger partial charge on any atom is -0.480 e. The summed E-state index contributed by atoms with van der Waals surface area (Å²) in [5, 5.41) is 10.7. The molecule has 1 unspecified atom stereocenters. The molecule has 1 aliphatic heterocycles. The van der Waals surface area contributed by atoms with Gasteiger partial charge in [-0.25, -0.2) is 4.98 Å². The molecule has 0 amide bonds. The van der Waals surface area contributed by atoms with Crippen molar-refractivity contribution in [1.29, 1.82) is 0 Å². The second-order valence-electron chi connectivity index (χ2n) is 5.97. The van der Waals surface area contributed by atoms with Crippen LogP contribution in [0.5, 0.6) is 0 Å². The SMILES string of the molecule is O=C(O)C1Cc2nc[nH]c2CN1CCc1c[nH]c2ccccc12. The van der Waals surface area contributed by atoms with Crippen LogP contribution >= 0.6 is 0 Å². The van der Waals surface area contributed by atoms with E-state index in [1.165, 1.54) is 10.9 Å². The Morgan fingerprint density at radius 2 is 2.22 bits per heavy atom. The van der Waals surface area contributed by atoms with E-state index in [1.54, 1.807) is 6.33 Å². The van der Waals surface area contributed by atoms with Gasteiger partial charge in [-0.05, 0) is 18.1 Å². The normalized spacial score (nSPS) is 18.2. The lowest BCUT2D eigenvalue weighted by molar-refractivity contribution is -0.144. The molecule has 1 atom stereocenters. The number of benzene rings is 1. The molecule has 4 rings (SSSR count). The number of H-pyrrole nitrogens is 2. The van der Waals surface area contributed by atoms with Gasteiger partial charge < -0.3 is 15.1 Å². The van der Waals surface area contributed by atoms with Crippen molar-refractivity contribution < 1.29 is 9.90 Å². The van der Waals surface area contributed by atoms with Crippen molar-refractivity contribution in [1.82, 2.24) is 19.9 Å². The van der Waals surface area contributed by atoms with Crippen LogP contribution in [0.1, 0.15) is 17.0 Å². The Kier molecular flexibility index (Phi) is 3.38. The van der Waals surface area contributed by atoms with Gasteiger partial charge in [0.1, 0.15) is 6.04 Å². The average Bonchev–Trinajstić information content (AvgIpc) is 3.18. The van der Waals surface area contributed by atoms with E-state index in [0.29, 0.717) is 19.5 Å². The summed E-state index contributed by atoms with van der Waals surface area (Å²) in [6, 6.07) is 7.68. The van der Waals surface area contributed by atoms with Crippen molar-refractivity contribution in [2.24, 2.45) is 0 Å². The molecule has 3 heterocycles. The van der Waals surface area contributed by atoms with E-state index >= 15 is 0 Å². The lowest BCUT2D eigenvalue weighted by atomic mass is 10.0. The Balaban J connectivity index is 1.54. The van der Waals surface area contributed by atoms with E-state index < -0.39 is 12.0 Å². The number of carboxylic acid groups (broad SMARTS) is 1. The molecule has 0 aliphatic carbocycles. The number of carboxylic acids is 1. The second kappa shape index (κ2) is 5.55. The topological polar surface area (TPSA) is 85.0 Å². The van der Waals surface area contributed by atoms with Crippen LogP contribution in [0.2, 0.25) is 0 Å². The number of aromatic amines is 2. The first-order valence-corrected chi connectivity index (χ1v) is 7.75. The molecule has 6 nitrogen and oxygen atoms in total. The summed E-state index contributed by atoms with van der Waals surface area (Å²) < 4.78 is 0. The molecule has 0 saturated carbocycles. The van der Waals surface area contributed by atoms with Gasteiger partial charge in [0.05, 0.1) is 17.7 Å². The standard InChI is InChI=1S/C17H18N4O2/c22-17(23)16-7-14-15(20-10-19-14)9-21(16)6-5-11-8-18-13-4-2-1-3-12(11)13/h1-4,8,10,16,18H,5-7,9H2,(H,19,20)(H,22,23). The molecule has 3 N–H and O–H groups in total. The number of hydrogen-bond donors (Lipinski definition) is 3. The molecular weight excluding hydrogens is 292 g/mol. The summed E-state index contributed by atoms with van der Waals surface area (Å²) in [4.78, 5) is 24.2. The Morgan fingerprint density at radius 1 is 1.35 bits per heavy atom. The van der Waals surface area contributed by atoms with Gasteiger partial charge in [-0.2, -0.15) is 0 Å². The van der Waals surface area contributed by atoms with Crippen LogP contribution in [-0.2, 0) is 24.2 Å². The zero-order chi connectivity index (χ0) is 15.8. The van der Waals surface area contributed by atoms with Crippen molar-refractivity contribution in [2.45, 2.75) is 25.4 Å². The smallest absolute Gasteiger partial charge is 0.321 e. The molecule has 0 fully saturated rings. The van der Waals surface area contributed by atoms with E-state index in [2.05, 4.69) is 27.1 Å². The van der Waals surface area contributed by atoms with Gasteiger partial charge in [-0.1, -0.05) is 18.2 Å². The van der Waals surface area contributed by atoms with E-state index in [0.717, 1.165) is 23.3 Å². The molecule has 118 valence electrons. The highest BCUT2D eigenvalue weighted by atomic mass is 16.4. The number of hydrogen-bond acceptors (Lipinski definition) is 3. The Labute approximate surface area is 133 Å². The van der Waals surface area contributed by atoms with Crippen LogP contribution < -0.4 is 0 Å². The maximum Gasteiger partial charge on any atom is 0.321 e. The number of imidazole rings is 1. The molecule has 2 aromatic heterocycles. The first-order valence-electron chi connectivity index (χ1n) is 7.75. The van der Waals surface area contributed by atoms with Crippen molar-refractivity contribution in [3.8, 4) is 0 Å². The molecule has 1 aromatic carbocycles. The minimum absolute atomic E-state index is 0.460. The zero-order valence-corrected chi connectivity index (χ0v) is 12.6. The average molecular weight is 310 g/mol. The highest BCUT2D eigenvalue weighted by Crippen LogP contribution is 2.23. The molecule has 0 saturated heterocycles. The summed E-state index contributed by atoms with van der Waals surface area (Å²) in [7, 11) is 0. The highest BCUT2D eigenvalue weighted by molar-refractivity contribution is 5.83. The summed E-state index contributed by atoms with van der Waals surface area (Å²) >= 11 is 0. The maximum absolute atomic E-state index is 11.6. The lowest BCUT2D eigenvalue weighted by Gasteiger charge is -2.32. The third-order valence-corrected chi connectivity index (χ3v) is 4.62. The Bertz CT molecular complexity index is 851. The zero-order valence-electron chi connectivity index (χ0n) is 12.6. The molecule has 0 radical (unpaired) electrons. The molecule has 6 heteroatoms. The van der Waals surface area contributed by atoms with Crippen LogP contribution in [0.3, 0.4) is 0 Å². The summed E-state index contributed by atoms with van der Waals surface area (Å²) in [5.74, 6) is -0.780.